The van der Waals surface area contributed by atoms with E-state index in [-0.39, 0.29) is 18.2 Å². The maximum absolute atomic E-state index is 12.0. The van der Waals surface area contributed by atoms with Gasteiger partial charge >= 0.3 is 12.0 Å². The van der Waals surface area contributed by atoms with Crippen molar-refractivity contribution in [2.75, 3.05) is 6.61 Å². The van der Waals surface area contributed by atoms with Crippen LogP contribution in [0.4, 0.5) is 4.79 Å². The van der Waals surface area contributed by atoms with Crippen LogP contribution < -0.4 is 10.6 Å². The molecule has 2 saturated carbocycles. The number of carbonyl (C=O) groups excluding carboxylic acids is 1. The van der Waals surface area contributed by atoms with E-state index < -0.39 is 11.5 Å². The maximum Gasteiger partial charge on any atom is 0.329 e. The van der Waals surface area contributed by atoms with Crippen LogP contribution in [0.2, 0.25) is 0 Å². The minimum absolute atomic E-state index is 0.0981. The van der Waals surface area contributed by atoms with Gasteiger partial charge < -0.3 is 20.5 Å². The van der Waals surface area contributed by atoms with Crippen molar-refractivity contribution in [2.45, 2.75) is 69.6 Å². The monoisotopic (exact) mass is 284 g/mol. The lowest BCUT2D eigenvalue weighted by Gasteiger charge is -2.38. The summed E-state index contributed by atoms with van der Waals surface area (Å²) < 4.78 is 5.43. The van der Waals surface area contributed by atoms with Crippen LogP contribution in [0.1, 0.15) is 51.9 Å². The van der Waals surface area contributed by atoms with Crippen molar-refractivity contribution in [3.8, 4) is 0 Å². The standard InChI is InChI=1S/C14H24N2O4/c1-2-20-11-8-10(9-11)15-13(19)16-14(12(17)18)6-4-3-5-7-14/h10-11H,2-9H2,1H3,(H,17,18)(H2,15,16,19). The van der Waals surface area contributed by atoms with E-state index in [2.05, 4.69) is 10.6 Å². The highest BCUT2D eigenvalue weighted by Crippen LogP contribution is 2.29. The first-order chi connectivity index (χ1) is 9.55. The molecule has 20 heavy (non-hydrogen) atoms. The summed E-state index contributed by atoms with van der Waals surface area (Å²) in [7, 11) is 0. The van der Waals surface area contributed by atoms with Crippen LogP contribution in [-0.2, 0) is 9.53 Å². The number of hydrogen-bond acceptors (Lipinski definition) is 3. The molecular weight excluding hydrogens is 260 g/mol. The van der Waals surface area contributed by atoms with Crippen molar-refractivity contribution in [3.63, 3.8) is 0 Å². The van der Waals surface area contributed by atoms with E-state index in [1.807, 2.05) is 6.92 Å². The van der Waals surface area contributed by atoms with E-state index in [1.54, 1.807) is 0 Å². The molecule has 0 heterocycles. The number of ether oxygens (including phenoxy) is 1. The first kappa shape index (κ1) is 15.1. The molecule has 3 N–H and O–H groups in total. The third-order valence-electron chi connectivity index (χ3n) is 4.30. The zero-order valence-electron chi connectivity index (χ0n) is 12.0. The van der Waals surface area contributed by atoms with Gasteiger partial charge in [-0.2, -0.15) is 0 Å². The summed E-state index contributed by atoms with van der Waals surface area (Å²) in [6.45, 7) is 2.64. The molecule has 2 fully saturated rings. The summed E-state index contributed by atoms with van der Waals surface area (Å²) in [6.07, 6.45) is 5.61. The van der Waals surface area contributed by atoms with E-state index in [0.29, 0.717) is 19.4 Å². The lowest BCUT2D eigenvalue weighted by molar-refractivity contribution is -0.145. The second kappa shape index (κ2) is 6.43. The van der Waals surface area contributed by atoms with E-state index in [4.69, 9.17) is 4.74 Å². The molecule has 0 aromatic heterocycles. The summed E-state index contributed by atoms with van der Waals surface area (Å²) >= 11 is 0. The van der Waals surface area contributed by atoms with E-state index in [1.165, 1.54) is 0 Å². The van der Waals surface area contributed by atoms with Gasteiger partial charge in [0, 0.05) is 12.6 Å². The quantitative estimate of drug-likeness (QED) is 0.716. The van der Waals surface area contributed by atoms with Crippen LogP contribution in [0.15, 0.2) is 0 Å². The second-order valence-electron chi connectivity index (χ2n) is 5.79. The van der Waals surface area contributed by atoms with Crippen molar-refractivity contribution >= 4 is 12.0 Å². The molecule has 2 amide bonds. The molecule has 114 valence electrons. The highest BCUT2D eigenvalue weighted by atomic mass is 16.5. The van der Waals surface area contributed by atoms with E-state index >= 15 is 0 Å². The van der Waals surface area contributed by atoms with Crippen LogP contribution >= 0.6 is 0 Å². The van der Waals surface area contributed by atoms with Gasteiger partial charge in [0.15, 0.2) is 0 Å². The molecule has 0 bridgehead atoms. The predicted molar refractivity (Wildman–Crippen MR) is 73.6 cm³/mol. The Balaban J connectivity index is 1.79. The highest BCUT2D eigenvalue weighted by molar-refractivity contribution is 5.86. The Morgan fingerprint density at radius 2 is 1.90 bits per heavy atom. The van der Waals surface area contributed by atoms with Gasteiger partial charge in [0.1, 0.15) is 5.54 Å². The molecule has 6 heteroatoms. The summed E-state index contributed by atoms with van der Waals surface area (Å²) in [5, 5.41) is 14.9. The molecule has 0 aromatic rings. The van der Waals surface area contributed by atoms with Gasteiger partial charge in [-0.3, -0.25) is 0 Å². The third-order valence-corrected chi connectivity index (χ3v) is 4.30. The molecule has 0 radical (unpaired) electrons. The Morgan fingerprint density at radius 1 is 1.25 bits per heavy atom. The number of hydrogen-bond donors (Lipinski definition) is 3. The molecule has 0 aromatic carbocycles. The Kier molecular flexibility index (Phi) is 4.86. The van der Waals surface area contributed by atoms with Gasteiger partial charge in [0.2, 0.25) is 0 Å². The zero-order chi connectivity index (χ0) is 14.6. The smallest absolute Gasteiger partial charge is 0.329 e. The Morgan fingerprint density at radius 3 is 2.45 bits per heavy atom. The van der Waals surface area contributed by atoms with Gasteiger partial charge in [-0.15, -0.1) is 0 Å². The lowest BCUT2D eigenvalue weighted by atomic mass is 9.81. The molecule has 2 aliphatic rings. The van der Waals surface area contributed by atoms with E-state index in [9.17, 15) is 14.7 Å². The lowest BCUT2D eigenvalue weighted by Crippen LogP contribution is -2.60. The summed E-state index contributed by atoms with van der Waals surface area (Å²) in [5.74, 6) is -0.923. The number of nitrogens with one attached hydrogen (secondary N) is 2. The summed E-state index contributed by atoms with van der Waals surface area (Å²) in [6, 6.07) is -0.268. The van der Waals surface area contributed by atoms with E-state index in [0.717, 1.165) is 32.1 Å². The van der Waals surface area contributed by atoms with Gasteiger partial charge in [-0.25, -0.2) is 9.59 Å². The molecule has 0 atom stereocenters. The van der Waals surface area contributed by atoms with Gasteiger partial charge in [-0.05, 0) is 32.6 Å². The predicted octanol–water partition coefficient (Wildman–Crippen LogP) is 1.64. The van der Waals surface area contributed by atoms with Crippen molar-refractivity contribution in [3.05, 3.63) is 0 Å². The van der Waals surface area contributed by atoms with Crippen molar-refractivity contribution in [1.82, 2.24) is 10.6 Å². The minimum atomic E-state index is -1.08. The SMILES string of the molecule is CCOC1CC(NC(=O)NC2(C(=O)O)CCCCC2)C1. The van der Waals surface area contributed by atoms with Crippen LogP contribution in [0, 0.1) is 0 Å². The fourth-order valence-corrected chi connectivity index (χ4v) is 3.04. The van der Waals surface area contributed by atoms with Gasteiger partial charge in [0.05, 0.1) is 6.10 Å². The molecule has 2 aliphatic carbocycles. The maximum atomic E-state index is 12.0. The van der Waals surface area contributed by atoms with Crippen molar-refractivity contribution in [2.24, 2.45) is 0 Å². The number of carboxylic acids is 1. The zero-order valence-corrected chi connectivity index (χ0v) is 12.0. The Bertz CT molecular complexity index is 360. The molecular formula is C14H24N2O4. The topological polar surface area (TPSA) is 87.7 Å². The number of carbonyl (C=O) groups is 2. The molecule has 0 aliphatic heterocycles. The van der Waals surface area contributed by atoms with Gasteiger partial charge in [-0.1, -0.05) is 19.3 Å². The average Bonchev–Trinajstić information content (AvgIpc) is 2.37. The van der Waals surface area contributed by atoms with Crippen LogP contribution in [0.3, 0.4) is 0 Å². The molecule has 2 rings (SSSR count). The van der Waals surface area contributed by atoms with Crippen LogP contribution in [0.5, 0.6) is 0 Å². The molecule has 0 unspecified atom stereocenters. The first-order valence-electron chi connectivity index (χ1n) is 7.49. The van der Waals surface area contributed by atoms with Crippen LogP contribution in [-0.4, -0.2) is 41.4 Å². The fraction of sp³-hybridized carbons (Fsp3) is 0.857. The molecule has 6 nitrogen and oxygen atoms in total. The number of rotatable bonds is 5. The van der Waals surface area contributed by atoms with Crippen LogP contribution in [0.25, 0.3) is 0 Å². The number of amides is 2. The molecule has 0 spiro atoms. The third kappa shape index (κ3) is 3.42. The highest BCUT2D eigenvalue weighted by Gasteiger charge is 2.41. The summed E-state index contributed by atoms with van der Waals surface area (Å²) in [4.78, 5) is 23.4. The second-order valence-corrected chi connectivity index (χ2v) is 5.79. The Labute approximate surface area is 119 Å². The summed E-state index contributed by atoms with van der Waals surface area (Å²) in [5.41, 5.74) is -1.08. The van der Waals surface area contributed by atoms with Gasteiger partial charge in [0.25, 0.3) is 0 Å². The number of carboxylic acid groups (broad SMARTS) is 1. The normalized spacial score (nSPS) is 28.2. The average molecular weight is 284 g/mol. The van der Waals surface area contributed by atoms with Crippen molar-refractivity contribution < 1.29 is 19.4 Å². The largest absolute Gasteiger partial charge is 0.480 e. The Hall–Kier alpha value is -1.30. The first-order valence-corrected chi connectivity index (χ1v) is 7.49. The molecule has 0 saturated heterocycles. The number of urea groups is 1. The van der Waals surface area contributed by atoms with Crippen molar-refractivity contribution in [1.29, 1.82) is 0 Å². The minimum Gasteiger partial charge on any atom is -0.480 e. The number of aliphatic carboxylic acids is 1. The fourth-order valence-electron chi connectivity index (χ4n) is 3.04.